The Morgan fingerprint density at radius 1 is 0.583 bits per heavy atom. The van der Waals surface area contributed by atoms with Crippen molar-refractivity contribution in [2.75, 3.05) is 0 Å². The van der Waals surface area contributed by atoms with Gasteiger partial charge in [0.25, 0.3) is 0 Å². The maximum atomic E-state index is 4.75. The number of fused-ring (bicyclic) bond motifs is 5. The molecular weight excluding hydrogens is 761 g/mol. The van der Waals surface area contributed by atoms with Crippen molar-refractivity contribution in [2.24, 2.45) is 0 Å². The summed E-state index contributed by atoms with van der Waals surface area (Å²) < 4.78 is 0. The monoisotopic (exact) mass is 799 g/mol. The summed E-state index contributed by atoms with van der Waals surface area (Å²) in [6, 6.07) is 51.0. The fourth-order valence-electron chi connectivity index (χ4n) is 6.83. The van der Waals surface area contributed by atoms with E-state index in [0.717, 1.165) is 22.5 Å². The first-order valence-electron chi connectivity index (χ1n) is 16.2. The molecule has 1 aliphatic carbocycles. The van der Waals surface area contributed by atoms with Crippen LogP contribution < -0.4 is 0 Å². The Morgan fingerprint density at radius 2 is 1.29 bits per heavy atom. The fourth-order valence-corrected chi connectivity index (χ4v) is 6.83. The molecule has 2 heterocycles. The second-order valence-corrected chi connectivity index (χ2v) is 13.7. The molecule has 239 valence electrons. The molecule has 7 aromatic rings. The van der Waals surface area contributed by atoms with Gasteiger partial charge in [-0.15, -0.1) is 71.3 Å². The van der Waals surface area contributed by atoms with Gasteiger partial charge in [0, 0.05) is 37.9 Å². The minimum Gasteiger partial charge on any atom is -0.305 e. The topological polar surface area (TPSA) is 25.8 Å². The van der Waals surface area contributed by atoms with Gasteiger partial charge in [0.2, 0.25) is 0 Å². The quantitative estimate of drug-likeness (QED) is 0.166. The Bertz CT molecular complexity index is 2200. The average Bonchev–Trinajstić information content (AvgIpc) is 3.35. The van der Waals surface area contributed by atoms with Crippen LogP contribution >= 0.6 is 0 Å². The summed E-state index contributed by atoms with van der Waals surface area (Å²) >= 11 is 0. The third kappa shape index (κ3) is 6.29. The summed E-state index contributed by atoms with van der Waals surface area (Å²) in [6.45, 7) is 11.3. The van der Waals surface area contributed by atoms with Crippen molar-refractivity contribution in [3.63, 3.8) is 0 Å². The molecule has 8 rings (SSSR count). The fraction of sp³-hybridized carbons (Fsp3) is 0.156. The van der Waals surface area contributed by atoms with Crippen LogP contribution in [0.15, 0.2) is 140 Å². The number of hydrogen-bond donors (Lipinski definition) is 0. The second-order valence-electron chi connectivity index (χ2n) is 13.7. The summed E-state index contributed by atoms with van der Waals surface area (Å²) in [7, 11) is 0. The molecule has 2 nitrogen and oxygen atoms in total. The zero-order chi connectivity index (χ0) is 32.6. The molecule has 48 heavy (non-hydrogen) atoms. The molecule has 0 amide bonds. The van der Waals surface area contributed by atoms with Crippen LogP contribution in [0, 0.1) is 12.1 Å². The van der Waals surface area contributed by atoms with E-state index in [0.29, 0.717) is 0 Å². The molecule has 0 spiro atoms. The first-order valence-corrected chi connectivity index (χ1v) is 16.2. The van der Waals surface area contributed by atoms with Crippen molar-refractivity contribution in [3.05, 3.63) is 169 Å². The molecule has 0 N–H and O–H groups in total. The molecule has 0 fully saturated rings. The Balaban J connectivity index is 0.000000165. The molecule has 0 atom stereocenters. The van der Waals surface area contributed by atoms with Crippen molar-refractivity contribution >= 4 is 10.8 Å². The number of hydrogen-bond acceptors (Lipinski definition) is 2. The van der Waals surface area contributed by atoms with Gasteiger partial charge in [-0.25, -0.2) is 0 Å². The zero-order valence-corrected chi connectivity index (χ0v) is 30.4. The van der Waals surface area contributed by atoms with Gasteiger partial charge < -0.3 is 9.97 Å². The van der Waals surface area contributed by atoms with E-state index in [-0.39, 0.29) is 30.9 Å². The van der Waals surface area contributed by atoms with E-state index in [2.05, 4.69) is 155 Å². The second kappa shape index (κ2) is 13.4. The molecule has 1 radical (unpaired) electrons. The Kier molecular flexibility index (Phi) is 9.30. The van der Waals surface area contributed by atoms with E-state index < -0.39 is 0 Å². The SMILES string of the molecule is CC(C)(C)c1ccnc(-c2[c-]ccc(-c3ccccc3)c2)c1.CC1(C)c2c(ccnc2-c2[c-]cccc2)-c2ccc3ccccc3c21.[Ir]. The number of pyridine rings is 2. The maximum Gasteiger partial charge on any atom is 0.0167 e. The van der Waals surface area contributed by atoms with E-state index in [1.54, 1.807) is 0 Å². The van der Waals surface area contributed by atoms with Gasteiger partial charge in [-0.3, -0.25) is 0 Å². The summed E-state index contributed by atoms with van der Waals surface area (Å²) in [5.74, 6) is 0. The Hall–Kier alpha value is -4.69. The predicted octanol–water partition coefficient (Wildman–Crippen LogP) is 11.5. The molecule has 0 saturated heterocycles. The van der Waals surface area contributed by atoms with Crippen molar-refractivity contribution in [1.82, 2.24) is 9.97 Å². The van der Waals surface area contributed by atoms with Gasteiger partial charge >= 0.3 is 0 Å². The zero-order valence-electron chi connectivity index (χ0n) is 28.0. The van der Waals surface area contributed by atoms with Crippen molar-refractivity contribution in [1.29, 1.82) is 0 Å². The van der Waals surface area contributed by atoms with Gasteiger partial charge in [-0.2, -0.15) is 0 Å². The van der Waals surface area contributed by atoms with Gasteiger partial charge in [-0.1, -0.05) is 107 Å². The van der Waals surface area contributed by atoms with Crippen LogP contribution in [0.25, 0.3) is 55.5 Å². The molecule has 0 saturated carbocycles. The standard InChI is InChI=1S/C24H18N.C21H20N.Ir/c1-24(2)21-18-11-7-6-8-16(18)12-13-19(21)20-14-15-25-23(22(20)24)17-9-4-3-5-10-17;1-21(2,3)19-12-13-22-20(15-19)18-11-7-10-17(14-18)16-8-5-4-6-9-16;/h3-9,11-15H,1-2H3;4-10,12-15H,1-3H3;/q2*-1;. The molecule has 0 aliphatic heterocycles. The number of nitrogens with zero attached hydrogens (tertiary/aromatic N) is 2. The van der Waals surface area contributed by atoms with Gasteiger partial charge in [-0.05, 0) is 73.1 Å². The van der Waals surface area contributed by atoms with Crippen LogP contribution in [0.5, 0.6) is 0 Å². The molecule has 2 aromatic heterocycles. The van der Waals surface area contributed by atoms with E-state index in [1.807, 2.05) is 36.7 Å². The van der Waals surface area contributed by atoms with E-state index in [4.69, 9.17) is 4.98 Å². The molecule has 0 bridgehead atoms. The van der Waals surface area contributed by atoms with E-state index in [1.165, 1.54) is 49.7 Å². The normalized spacial score (nSPS) is 12.7. The summed E-state index contributed by atoms with van der Waals surface area (Å²) in [4.78, 5) is 9.27. The Morgan fingerprint density at radius 3 is 2.06 bits per heavy atom. The van der Waals surface area contributed by atoms with Gasteiger partial charge in [0.1, 0.15) is 0 Å². The molecule has 0 unspecified atom stereocenters. The first kappa shape index (κ1) is 33.2. The third-order valence-electron chi connectivity index (χ3n) is 9.19. The molecule has 1 aliphatic rings. The maximum absolute atomic E-state index is 4.75. The summed E-state index contributed by atoms with van der Waals surface area (Å²) in [5.41, 5.74) is 13.2. The number of benzene rings is 5. The van der Waals surface area contributed by atoms with Crippen LogP contribution in [0.3, 0.4) is 0 Å². The van der Waals surface area contributed by atoms with Crippen LogP contribution in [-0.4, -0.2) is 9.97 Å². The average molecular weight is 799 g/mol. The predicted molar refractivity (Wildman–Crippen MR) is 196 cm³/mol. The minimum atomic E-state index is -0.0984. The number of rotatable bonds is 3. The smallest absolute Gasteiger partial charge is 0.0167 e. The molecule has 3 heteroatoms. The Labute approximate surface area is 298 Å². The minimum absolute atomic E-state index is 0. The van der Waals surface area contributed by atoms with Crippen LogP contribution in [-0.2, 0) is 30.9 Å². The largest absolute Gasteiger partial charge is 0.305 e. The first-order chi connectivity index (χ1) is 22.7. The molecular formula is C45H38IrN2-2. The van der Waals surface area contributed by atoms with Gasteiger partial charge in [0.15, 0.2) is 0 Å². The van der Waals surface area contributed by atoms with Crippen molar-refractivity contribution in [3.8, 4) is 44.8 Å². The van der Waals surface area contributed by atoms with E-state index in [9.17, 15) is 0 Å². The van der Waals surface area contributed by atoms with Crippen LogP contribution in [0.2, 0.25) is 0 Å². The van der Waals surface area contributed by atoms with E-state index >= 15 is 0 Å². The van der Waals surface area contributed by atoms with Crippen molar-refractivity contribution < 1.29 is 20.1 Å². The third-order valence-corrected chi connectivity index (χ3v) is 9.19. The number of aromatic nitrogens is 2. The van der Waals surface area contributed by atoms with Crippen LogP contribution in [0.1, 0.15) is 51.3 Å². The summed E-state index contributed by atoms with van der Waals surface area (Å²) in [5, 5.41) is 2.63. The van der Waals surface area contributed by atoms with Crippen molar-refractivity contribution in [2.45, 2.75) is 45.4 Å². The van der Waals surface area contributed by atoms with Gasteiger partial charge in [0.05, 0.1) is 0 Å². The molecule has 5 aromatic carbocycles. The van der Waals surface area contributed by atoms with Crippen LogP contribution in [0.4, 0.5) is 0 Å². The summed E-state index contributed by atoms with van der Waals surface area (Å²) in [6.07, 6.45) is 3.81.